The average molecular weight is 465 g/mol. The fourth-order valence-electron chi connectivity index (χ4n) is 4.59. The summed E-state index contributed by atoms with van der Waals surface area (Å²) in [5.41, 5.74) is 2.30. The van der Waals surface area contributed by atoms with Crippen molar-refractivity contribution in [3.63, 3.8) is 0 Å². The van der Waals surface area contributed by atoms with Crippen molar-refractivity contribution >= 4 is 16.8 Å². The van der Waals surface area contributed by atoms with E-state index >= 15 is 0 Å². The van der Waals surface area contributed by atoms with Gasteiger partial charge in [0.2, 0.25) is 5.91 Å². The topological polar surface area (TPSA) is 80.9 Å². The second-order valence-corrected chi connectivity index (χ2v) is 9.54. The number of pyridine rings is 1. The van der Waals surface area contributed by atoms with Gasteiger partial charge in [-0.15, -0.1) is 0 Å². The fraction of sp³-hybridized carbons (Fsp3) is 0.407. The Morgan fingerprint density at radius 1 is 1.06 bits per heavy atom. The van der Waals surface area contributed by atoms with Crippen LogP contribution in [0.4, 0.5) is 0 Å². The number of carbonyl (C=O) groups is 1. The van der Waals surface area contributed by atoms with Crippen LogP contribution in [0.15, 0.2) is 41.2 Å². The quantitative estimate of drug-likeness (QED) is 0.603. The summed E-state index contributed by atoms with van der Waals surface area (Å²) in [6.45, 7) is 8.67. The Kier molecular flexibility index (Phi) is 6.30. The third-order valence-electron chi connectivity index (χ3n) is 6.23. The molecule has 1 N–H and O–H groups in total. The molecule has 0 bridgehead atoms. The van der Waals surface area contributed by atoms with Gasteiger partial charge in [-0.3, -0.25) is 9.59 Å². The van der Waals surface area contributed by atoms with Gasteiger partial charge in [0.25, 0.3) is 5.56 Å². The highest BCUT2D eigenvalue weighted by Crippen LogP contribution is 2.42. The van der Waals surface area contributed by atoms with E-state index in [0.29, 0.717) is 42.2 Å². The van der Waals surface area contributed by atoms with E-state index in [0.717, 1.165) is 22.3 Å². The Balaban J connectivity index is 1.96. The lowest BCUT2D eigenvalue weighted by molar-refractivity contribution is -0.141. The molecule has 1 aliphatic heterocycles. The van der Waals surface area contributed by atoms with Crippen LogP contribution in [0.2, 0.25) is 0 Å². The molecule has 2 aromatic carbocycles. The van der Waals surface area contributed by atoms with Crippen molar-refractivity contribution in [3.05, 3.63) is 63.4 Å². The van der Waals surface area contributed by atoms with Crippen LogP contribution < -0.4 is 19.8 Å². The lowest BCUT2D eigenvalue weighted by atomic mass is 9.85. The first-order valence-corrected chi connectivity index (χ1v) is 11.5. The van der Waals surface area contributed by atoms with Crippen LogP contribution in [0.1, 0.15) is 50.4 Å². The zero-order valence-corrected chi connectivity index (χ0v) is 20.7. The molecule has 0 unspecified atom stereocenters. The maximum absolute atomic E-state index is 13.5. The molecule has 0 radical (unpaired) electrons. The summed E-state index contributed by atoms with van der Waals surface area (Å²) in [7, 11) is 3.18. The van der Waals surface area contributed by atoms with E-state index in [9.17, 15) is 9.59 Å². The second kappa shape index (κ2) is 9.05. The van der Waals surface area contributed by atoms with E-state index in [2.05, 4.69) is 4.98 Å². The number of fused-ring (bicyclic) bond motifs is 2. The molecule has 7 heteroatoms. The third-order valence-corrected chi connectivity index (χ3v) is 6.23. The first-order valence-electron chi connectivity index (χ1n) is 11.5. The number of ether oxygens (including phenoxy) is 3. The monoisotopic (exact) mass is 464 g/mol. The first-order chi connectivity index (χ1) is 16.2. The summed E-state index contributed by atoms with van der Waals surface area (Å²) in [5, 5.41) is 0.844. The van der Waals surface area contributed by atoms with Crippen molar-refractivity contribution in [3.8, 4) is 17.2 Å². The highest BCUT2D eigenvalue weighted by Gasteiger charge is 2.38. The van der Waals surface area contributed by atoms with Crippen molar-refractivity contribution in [2.75, 3.05) is 27.4 Å². The number of nitrogens with one attached hydrogen (secondary N) is 1. The van der Waals surface area contributed by atoms with E-state index in [-0.39, 0.29) is 11.5 Å². The predicted octanol–water partition coefficient (Wildman–Crippen LogP) is 4.46. The maximum atomic E-state index is 13.5. The number of aromatic nitrogens is 1. The van der Waals surface area contributed by atoms with Crippen LogP contribution >= 0.6 is 0 Å². The summed E-state index contributed by atoms with van der Waals surface area (Å²) < 4.78 is 16.7. The highest BCUT2D eigenvalue weighted by molar-refractivity contribution is 5.84. The molecule has 4 rings (SSSR count). The van der Waals surface area contributed by atoms with Gasteiger partial charge in [0, 0.05) is 28.4 Å². The average Bonchev–Trinajstić information content (AvgIpc) is 2.81. The smallest absolute Gasteiger partial charge is 0.254 e. The molecular formula is C27H32N2O5. The first kappa shape index (κ1) is 23.7. The van der Waals surface area contributed by atoms with Gasteiger partial charge in [-0.1, -0.05) is 20.8 Å². The molecule has 0 saturated carbocycles. The van der Waals surface area contributed by atoms with Crippen LogP contribution in [-0.4, -0.2) is 43.2 Å². The normalized spacial score (nSPS) is 15.7. The zero-order valence-electron chi connectivity index (χ0n) is 20.7. The summed E-state index contributed by atoms with van der Waals surface area (Å²) >= 11 is 0. The summed E-state index contributed by atoms with van der Waals surface area (Å²) in [6, 6.07) is 10.7. The summed E-state index contributed by atoms with van der Waals surface area (Å²) in [4.78, 5) is 31.7. The summed E-state index contributed by atoms with van der Waals surface area (Å²) in [6.07, 6.45) is 0.661. The number of aromatic amines is 1. The van der Waals surface area contributed by atoms with Crippen molar-refractivity contribution in [2.45, 2.75) is 40.2 Å². The Morgan fingerprint density at radius 3 is 2.41 bits per heavy atom. The highest BCUT2D eigenvalue weighted by atomic mass is 16.5. The van der Waals surface area contributed by atoms with Crippen LogP contribution in [0.5, 0.6) is 17.2 Å². The molecule has 1 amide bonds. The standard InChI is InChI=1S/C27H32N2O5/c1-7-34-18-8-9-21-17(12-18)13-20(25(30)28-21)24-19-15-23(33-6)22(32-5)14-16(19)10-11-29(24)26(31)27(2,3)4/h8-9,12-15,24H,7,10-11H2,1-6H3,(H,28,30)/t24-/m1/s1. The van der Waals surface area contributed by atoms with Crippen molar-refractivity contribution in [2.24, 2.45) is 5.41 Å². The Hall–Kier alpha value is -3.48. The van der Waals surface area contributed by atoms with Crippen LogP contribution in [0.3, 0.4) is 0 Å². The largest absolute Gasteiger partial charge is 0.494 e. The molecule has 3 aromatic rings. The Bertz CT molecular complexity index is 1290. The van der Waals surface area contributed by atoms with E-state index in [1.54, 1.807) is 14.2 Å². The minimum atomic E-state index is -0.599. The number of amides is 1. The van der Waals surface area contributed by atoms with Gasteiger partial charge >= 0.3 is 0 Å². The lowest BCUT2D eigenvalue weighted by Crippen LogP contribution is -2.47. The molecule has 0 spiro atoms. The number of carbonyl (C=O) groups excluding carboxylic acids is 1. The second-order valence-electron chi connectivity index (χ2n) is 9.54. The minimum absolute atomic E-state index is 0.0134. The fourth-order valence-corrected chi connectivity index (χ4v) is 4.59. The number of hydrogen-bond acceptors (Lipinski definition) is 5. The number of benzene rings is 2. The molecule has 2 heterocycles. The van der Waals surface area contributed by atoms with Gasteiger partial charge in [-0.05, 0) is 60.9 Å². The number of hydrogen-bond donors (Lipinski definition) is 1. The molecule has 180 valence electrons. The summed E-state index contributed by atoms with van der Waals surface area (Å²) in [5.74, 6) is 1.91. The van der Waals surface area contributed by atoms with E-state index in [1.807, 2.05) is 69.0 Å². The van der Waals surface area contributed by atoms with Crippen molar-refractivity contribution < 1.29 is 19.0 Å². The predicted molar refractivity (Wildman–Crippen MR) is 132 cm³/mol. The maximum Gasteiger partial charge on any atom is 0.254 e. The van der Waals surface area contributed by atoms with Gasteiger partial charge in [0.05, 0.1) is 26.9 Å². The SMILES string of the molecule is CCOc1ccc2[nH]c(=O)c([C@H]3c4cc(OC)c(OC)cc4CCN3C(=O)C(C)(C)C)cc2c1. The number of rotatable bonds is 5. The molecular weight excluding hydrogens is 432 g/mol. The van der Waals surface area contributed by atoms with Gasteiger partial charge in [0.1, 0.15) is 5.75 Å². The van der Waals surface area contributed by atoms with E-state index in [4.69, 9.17) is 14.2 Å². The molecule has 1 aromatic heterocycles. The van der Waals surface area contributed by atoms with E-state index < -0.39 is 11.5 Å². The van der Waals surface area contributed by atoms with Crippen LogP contribution in [0, 0.1) is 5.41 Å². The minimum Gasteiger partial charge on any atom is -0.494 e. The number of H-pyrrole nitrogens is 1. The molecule has 1 aliphatic rings. The van der Waals surface area contributed by atoms with Gasteiger partial charge in [-0.2, -0.15) is 0 Å². The Morgan fingerprint density at radius 2 is 1.76 bits per heavy atom. The molecule has 0 aliphatic carbocycles. The Labute approximate surface area is 199 Å². The lowest BCUT2D eigenvalue weighted by Gasteiger charge is -2.40. The third kappa shape index (κ3) is 4.22. The number of methoxy groups -OCH3 is 2. The molecule has 7 nitrogen and oxygen atoms in total. The van der Waals surface area contributed by atoms with Crippen molar-refractivity contribution in [1.29, 1.82) is 0 Å². The molecule has 0 fully saturated rings. The van der Waals surface area contributed by atoms with Crippen LogP contribution in [-0.2, 0) is 11.2 Å². The molecule has 1 atom stereocenters. The van der Waals surface area contributed by atoms with Gasteiger partial charge in [0.15, 0.2) is 11.5 Å². The molecule has 0 saturated heterocycles. The van der Waals surface area contributed by atoms with Crippen LogP contribution in [0.25, 0.3) is 10.9 Å². The number of nitrogens with zero attached hydrogens (tertiary/aromatic N) is 1. The van der Waals surface area contributed by atoms with E-state index in [1.165, 1.54) is 0 Å². The van der Waals surface area contributed by atoms with Gasteiger partial charge in [-0.25, -0.2) is 0 Å². The zero-order chi connectivity index (χ0) is 24.6. The molecule has 34 heavy (non-hydrogen) atoms. The van der Waals surface area contributed by atoms with Crippen molar-refractivity contribution in [1.82, 2.24) is 9.88 Å². The van der Waals surface area contributed by atoms with Gasteiger partial charge < -0.3 is 24.1 Å².